The molecule has 0 saturated carbocycles. The van der Waals surface area contributed by atoms with Crippen molar-refractivity contribution < 1.29 is 9.26 Å². The number of methoxy groups -OCH3 is 1. The van der Waals surface area contributed by atoms with E-state index in [1.807, 2.05) is 24.3 Å². The van der Waals surface area contributed by atoms with Crippen molar-refractivity contribution >= 4 is 0 Å². The Balaban J connectivity index is 1.97. The van der Waals surface area contributed by atoms with Crippen molar-refractivity contribution in [1.82, 2.24) is 10.1 Å². The molecule has 5 heteroatoms. The third kappa shape index (κ3) is 3.81. The molecule has 0 N–H and O–H groups in total. The number of rotatable bonds is 6. The SMILES string of the molecule is COc1cccc(Cc2noc(CCCC#N)n2)c1. The van der Waals surface area contributed by atoms with E-state index < -0.39 is 0 Å². The van der Waals surface area contributed by atoms with Gasteiger partial charge in [-0.1, -0.05) is 17.3 Å². The lowest BCUT2D eigenvalue weighted by Gasteiger charge is -2.01. The Labute approximate surface area is 111 Å². The van der Waals surface area contributed by atoms with Gasteiger partial charge in [-0.25, -0.2) is 0 Å². The van der Waals surface area contributed by atoms with Crippen molar-refractivity contribution in [2.75, 3.05) is 7.11 Å². The minimum absolute atomic E-state index is 0.508. The zero-order valence-electron chi connectivity index (χ0n) is 10.8. The van der Waals surface area contributed by atoms with Crippen LogP contribution in [-0.2, 0) is 12.8 Å². The number of unbranched alkanes of at least 4 members (excludes halogenated alkanes) is 1. The molecule has 0 unspecified atom stereocenters. The highest BCUT2D eigenvalue weighted by atomic mass is 16.5. The van der Waals surface area contributed by atoms with Gasteiger partial charge < -0.3 is 9.26 Å². The Bertz CT molecular complexity index is 572. The van der Waals surface area contributed by atoms with Crippen molar-refractivity contribution in [2.24, 2.45) is 0 Å². The first-order chi connectivity index (χ1) is 9.31. The molecule has 19 heavy (non-hydrogen) atoms. The van der Waals surface area contributed by atoms with Gasteiger partial charge in [0.1, 0.15) is 5.75 Å². The van der Waals surface area contributed by atoms with Gasteiger partial charge in [-0.05, 0) is 24.1 Å². The van der Waals surface area contributed by atoms with Crippen LogP contribution in [0.1, 0.15) is 30.1 Å². The fourth-order valence-corrected chi connectivity index (χ4v) is 1.75. The maximum absolute atomic E-state index is 8.47. The van der Waals surface area contributed by atoms with Crippen LogP contribution in [0.15, 0.2) is 28.8 Å². The van der Waals surface area contributed by atoms with Crippen LogP contribution in [-0.4, -0.2) is 17.3 Å². The predicted molar refractivity (Wildman–Crippen MR) is 68.6 cm³/mol. The smallest absolute Gasteiger partial charge is 0.226 e. The zero-order valence-corrected chi connectivity index (χ0v) is 10.8. The van der Waals surface area contributed by atoms with E-state index in [-0.39, 0.29) is 0 Å². The first kappa shape index (κ1) is 13.1. The van der Waals surface area contributed by atoms with Crippen LogP contribution in [0.5, 0.6) is 5.75 Å². The first-order valence-corrected chi connectivity index (χ1v) is 6.13. The molecule has 1 aromatic carbocycles. The van der Waals surface area contributed by atoms with E-state index in [9.17, 15) is 0 Å². The number of hydrogen-bond donors (Lipinski definition) is 0. The van der Waals surface area contributed by atoms with Crippen molar-refractivity contribution in [3.8, 4) is 11.8 Å². The molecule has 1 heterocycles. The second-order valence-corrected chi connectivity index (χ2v) is 4.14. The van der Waals surface area contributed by atoms with Gasteiger partial charge >= 0.3 is 0 Å². The van der Waals surface area contributed by atoms with Crippen LogP contribution in [0.2, 0.25) is 0 Å². The molecule has 0 bridgehead atoms. The highest BCUT2D eigenvalue weighted by Crippen LogP contribution is 2.15. The van der Waals surface area contributed by atoms with Crippen LogP contribution >= 0.6 is 0 Å². The fourth-order valence-electron chi connectivity index (χ4n) is 1.75. The summed E-state index contributed by atoms with van der Waals surface area (Å²) in [5.74, 6) is 2.06. The Kier molecular flexibility index (Phi) is 4.51. The molecule has 0 saturated heterocycles. The molecular formula is C14H15N3O2. The largest absolute Gasteiger partial charge is 0.497 e. The number of aromatic nitrogens is 2. The van der Waals surface area contributed by atoms with E-state index in [2.05, 4.69) is 16.2 Å². The van der Waals surface area contributed by atoms with E-state index in [1.54, 1.807) is 7.11 Å². The summed E-state index contributed by atoms with van der Waals surface area (Å²) in [4.78, 5) is 4.30. The van der Waals surface area contributed by atoms with E-state index in [4.69, 9.17) is 14.5 Å². The maximum Gasteiger partial charge on any atom is 0.226 e. The maximum atomic E-state index is 8.47. The second kappa shape index (κ2) is 6.55. The van der Waals surface area contributed by atoms with Crippen molar-refractivity contribution in [1.29, 1.82) is 5.26 Å². The lowest BCUT2D eigenvalue weighted by atomic mass is 10.1. The average Bonchev–Trinajstić information content (AvgIpc) is 2.87. The number of nitriles is 1. The summed E-state index contributed by atoms with van der Waals surface area (Å²) in [6.07, 6.45) is 2.52. The molecule has 1 aromatic heterocycles. The summed E-state index contributed by atoms with van der Waals surface area (Å²) < 4.78 is 10.3. The van der Waals surface area contributed by atoms with E-state index >= 15 is 0 Å². The fraction of sp³-hybridized carbons (Fsp3) is 0.357. The van der Waals surface area contributed by atoms with Gasteiger partial charge in [-0.3, -0.25) is 0 Å². The average molecular weight is 257 g/mol. The van der Waals surface area contributed by atoms with E-state index in [0.717, 1.165) is 17.7 Å². The minimum atomic E-state index is 0.508. The molecule has 0 aliphatic carbocycles. The summed E-state index contributed by atoms with van der Waals surface area (Å²) in [5.41, 5.74) is 1.07. The van der Waals surface area contributed by atoms with Gasteiger partial charge in [-0.2, -0.15) is 10.2 Å². The Morgan fingerprint density at radius 1 is 1.42 bits per heavy atom. The van der Waals surface area contributed by atoms with Crippen LogP contribution in [0.4, 0.5) is 0 Å². The van der Waals surface area contributed by atoms with Crippen molar-refractivity contribution in [3.63, 3.8) is 0 Å². The minimum Gasteiger partial charge on any atom is -0.497 e. The highest BCUT2D eigenvalue weighted by Gasteiger charge is 2.07. The number of hydrogen-bond acceptors (Lipinski definition) is 5. The van der Waals surface area contributed by atoms with E-state index in [0.29, 0.717) is 31.0 Å². The Morgan fingerprint density at radius 2 is 2.32 bits per heavy atom. The van der Waals surface area contributed by atoms with Crippen LogP contribution < -0.4 is 4.74 Å². The van der Waals surface area contributed by atoms with Gasteiger partial charge in [0.05, 0.1) is 13.2 Å². The van der Waals surface area contributed by atoms with Gasteiger partial charge in [0.15, 0.2) is 5.82 Å². The Hall–Kier alpha value is -2.35. The standard InChI is InChI=1S/C14H15N3O2/c1-18-12-6-4-5-11(9-12)10-13-16-14(19-17-13)7-2-3-8-15/h4-6,9H,2-3,7,10H2,1H3. The number of nitrogens with zero attached hydrogens (tertiary/aromatic N) is 3. The molecule has 0 amide bonds. The second-order valence-electron chi connectivity index (χ2n) is 4.14. The molecule has 0 aliphatic rings. The molecule has 0 aliphatic heterocycles. The van der Waals surface area contributed by atoms with Crippen LogP contribution in [0.25, 0.3) is 0 Å². The molecule has 0 fully saturated rings. The lowest BCUT2D eigenvalue weighted by Crippen LogP contribution is -1.93. The summed E-state index contributed by atoms with van der Waals surface area (Å²) in [7, 11) is 1.64. The van der Waals surface area contributed by atoms with Gasteiger partial charge in [-0.15, -0.1) is 0 Å². The molecular weight excluding hydrogens is 242 g/mol. The van der Waals surface area contributed by atoms with Gasteiger partial charge in [0.25, 0.3) is 0 Å². The van der Waals surface area contributed by atoms with Gasteiger partial charge in [0, 0.05) is 19.3 Å². The molecule has 5 nitrogen and oxygen atoms in total. The summed E-state index contributed by atoms with van der Waals surface area (Å²) in [6.45, 7) is 0. The zero-order chi connectivity index (χ0) is 13.5. The normalized spacial score (nSPS) is 10.1. The molecule has 2 rings (SSSR count). The topological polar surface area (TPSA) is 71.9 Å². The summed E-state index contributed by atoms with van der Waals surface area (Å²) in [5, 5.41) is 12.4. The van der Waals surface area contributed by atoms with Crippen molar-refractivity contribution in [2.45, 2.75) is 25.7 Å². The first-order valence-electron chi connectivity index (χ1n) is 6.13. The monoisotopic (exact) mass is 257 g/mol. The van der Waals surface area contributed by atoms with E-state index in [1.165, 1.54) is 0 Å². The highest BCUT2D eigenvalue weighted by molar-refractivity contribution is 5.30. The van der Waals surface area contributed by atoms with Crippen molar-refractivity contribution in [3.05, 3.63) is 41.5 Å². The van der Waals surface area contributed by atoms with Crippen LogP contribution in [0.3, 0.4) is 0 Å². The summed E-state index contributed by atoms with van der Waals surface area (Å²) in [6, 6.07) is 9.87. The van der Waals surface area contributed by atoms with Crippen LogP contribution in [0, 0.1) is 11.3 Å². The number of benzene rings is 1. The quantitative estimate of drug-likeness (QED) is 0.743. The molecule has 2 aromatic rings. The Morgan fingerprint density at radius 3 is 3.11 bits per heavy atom. The number of aryl methyl sites for hydroxylation is 1. The predicted octanol–water partition coefficient (Wildman–Crippen LogP) is 2.52. The lowest BCUT2D eigenvalue weighted by molar-refractivity contribution is 0.371. The molecule has 0 radical (unpaired) electrons. The van der Waals surface area contributed by atoms with Gasteiger partial charge in [0.2, 0.25) is 5.89 Å². The third-order valence-corrected chi connectivity index (χ3v) is 2.69. The summed E-state index contributed by atoms with van der Waals surface area (Å²) >= 11 is 0. The molecule has 0 spiro atoms. The third-order valence-electron chi connectivity index (χ3n) is 2.69. The number of ether oxygens (including phenoxy) is 1. The molecule has 0 atom stereocenters. The molecule has 98 valence electrons.